The Kier molecular flexibility index (Phi) is 6.76. The smallest absolute Gasteiger partial charge is 0.233 e. The quantitative estimate of drug-likeness (QED) is 0.557. The molecule has 1 atom stereocenters. The molecule has 0 bridgehead atoms. The van der Waals surface area contributed by atoms with E-state index < -0.39 is 0 Å². The zero-order valence-corrected chi connectivity index (χ0v) is 17.3. The molecule has 2 aromatic heterocycles. The zero-order valence-electron chi connectivity index (χ0n) is 14.9. The number of nitrogens with one attached hydrogen (secondary N) is 1. The normalized spacial score (nSPS) is 12.0. The van der Waals surface area contributed by atoms with Crippen molar-refractivity contribution < 1.29 is 9.53 Å². The minimum atomic E-state index is -0.280. The van der Waals surface area contributed by atoms with Crippen molar-refractivity contribution in [2.75, 3.05) is 0 Å². The summed E-state index contributed by atoms with van der Waals surface area (Å²) in [7, 11) is 1.86. The number of halogens is 1. The highest BCUT2D eigenvalue weighted by atomic mass is 35.5. The Morgan fingerprint density at radius 1 is 1.33 bits per heavy atom. The number of aromatic nitrogens is 3. The van der Waals surface area contributed by atoms with E-state index in [2.05, 4.69) is 15.5 Å². The van der Waals surface area contributed by atoms with Crippen LogP contribution in [0.3, 0.4) is 0 Å². The first-order valence-corrected chi connectivity index (χ1v) is 10.4. The minimum Gasteiger partial charge on any atom is -0.486 e. The summed E-state index contributed by atoms with van der Waals surface area (Å²) in [6, 6.07) is 11.1. The number of nitrogens with zero attached hydrogens (tertiary/aromatic N) is 3. The molecule has 1 unspecified atom stereocenters. The van der Waals surface area contributed by atoms with Crippen LogP contribution in [-0.2, 0) is 25.0 Å². The van der Waals surface area contributed by atoms with Gasteiger partial charge in [0.05, 0.1) is 11.8 Å². The monoisotopic (exact) mass is 422 g/mol. The summed E-state index contributed by atoms with van der Waals surface area (Å²) >= 11 is 8.86. The van der Waals surface area contributed by atoms with Gasteiger partial charge in [0.1, 0.15) is 12.4 Å². The maximum atomic E-state index is 12.3. The van der Waals surface area contributed by atoms with Crippen LogP contribution in [0.2, 0.25) is 5.02 Å². The van der Waals surface area contributed by atoms with Crippen molar-refractivity contribution in [1.82, 2.24) is 20.1 Å². The number of benzene rings is 1. The second-order valence-electron chi connectivity index (χ2n) is 5.76. The van der Waals surface area contributed by atoms with E-state index in [4.69, 9.17) is 16.3 Å². The van der Waals surface area contributed by atoms with Crippen LogP contribution >= 0.6 is 34.7 Å². The molecule has 1 N–H and O–H groups in total. The first-order valence-electron chi connectivity index (χ1n) is 8.26. The number of thiophene rings is 1. The minimum absolute atomic E-state index is 0.0321. The summed E-state index contributed by atoms with van der Waals surface area (Å²) < 4.78 is 7.54. The Balaban J connectivity index is 1.52. The van der Waals surface area contributed by atoms with E-state index in [-0.39, 0.29) is 17.8 Å². The number of hydrogen-bond acceptors (Lipinski definition) is 6. The van der Waals surface area contributed by atoms with Crippen LogP contribution in [-0.4, -0.2) is 25.9 Å². The van der Waals surface area contributed by atoms with E-state index in [9.17, 15) is 4.79 Å². The van der Waals surface area contributed by atoms with Crippen LogP contribution in [0.5, 0.6) is 5.75 Å². The van der Waals surface area contributed by atoms with Crippen molar-refractivity contribution in [3.8, 4) is 5.75 Å². The molecule has 6 nitrogen and oxygen atoms in total. The molecule has 0 radical (unpaired) electrons. The maximum absolute atomic E-state index is 12.3. The average Bonchev–Trinajstić information content (AvgIpc) is 3.30. The van der Waals surface area contributed by atoms with Crippen molar-refractivity contribution in [2.24, 2.45) is 7.05 Å². The molecular formula is C18H19ClN4O2S2. The number of carbonyl (C=O) groups is 1. The summed E-state index contributed by atoms with van der Waals surface area (Å²) in [6.07, 6.45) is 0. The number of carbonyl (C=O) groups excluding carboxylic acids is 1. The highest BCUT2D eigenvalue weighted by Gasteiger charge is 2.19. The lowest BCUT2D eigenvalue weighted by Gasteiger charge is -2.11. The molecule has 142 valence electrons. The first-order chi connectivity index (χ1) is 13.0. The van der Waals surface area contributed by atoms with Crippen LogP contribution in [0, 0.1) is 0 Å². The summed E-state index contributed by atoms with van der Waals surface area (Å²) in [4.78, 5) is 13.4. The van der Waals surface area contributed by atoms with Gasteiger partial charge >= 0.3 is 0 Å². The second-order valence-corrected chi connectivity index (χ2v) is 8.53. The van der Waals surface area contributed by atoms with Gasteiger partial charge in [-0.05, 0) is 42.6 Å². The predicted molar refractivity (Wildman–Crippen MR) is 108 cm³/mol. The average molecular weight is 423 g/mol. The lowest BCUT2D eigenvalue weighted by molar-refractivity contribution is -0.120. The highest BCUT2D eigenvalue weighted by molar-refractivity contribution is 8.00. The lowest BCUT2D eigenvalue weighted by atomic mass is 10.3. The Morgan fingerprint density at radius 3 is 2.81 bits per heavy atom. The van der Waals surface area contributed by atoms with Gasteiger partial charge in [-0.3, -0.25) is 4.79 Å². The number of thioether (sulfide) groups is 1. The number of hydrogen-bond donors (Lipinski definition) is 1. The van der Waals surface area contributed by atoms with Gasteiger partial charge in [0.2, 0.25) is 5.91 Å². The standard InChI is InChI=1S/C18H19ClN4O2S2/c1-12(17(24)20-10-15-4-3-9-26-15)27-18-22-21-16(23(18)2)11-25-14-7-5-13(19)6-8-14/h3-9,12H,10-11H2,1-2H3,(H,20,24). The van der Waals surface area contributed by atoms with Gasteiger partial charge in [0.15, 0.2) is 11.0 Å². The summed E-state index contributed by atoms with van der Waals surface area (Å²) in [6.45, 7) is 2.68. The Morgan fingerprint density at radius 2 is 2.11 bits per heavy atom. The van der Waals surface area contributed by atoms with Gasteiger partial charge in [0.25, 0.3) is 0 Å². The predicted octanol–water partition coefficient (Wildman–Crippen LogP) is 3.91. The van der Waals surface area contributed by atoms with Gasteiger partial charge in [-0.15, -0.1) is 21.5 Å². The SMILES string of the molecule is CC(Sc1nnc(COc2ccc(Cl)cc2)n1C)C(=O)NCc1cccs1. The molecule has 3 rings (SSSR count). The molecule has 0 fully saturated rings. The zero-order chi connectivity index (χ0) is 19.2. The molecule has 0 spiro atoms. The van der Waals surface area contributed by atoms with Crippen molar-refractivity contribution in [3.05, 3.63) is 57.5 Å². The molecule has 0 aliphatic rings. The third-order valence-corrected chi connectivity index (χ3v) is 6.04. The first kappa shape index (κ1) is 19.7. The number of rotatable bonds is 8. The maximum Gasteiger partial charge on any atom is 0.233 e. The van der Waals surface area contributed by atoms with Crippen LogP contribution in [0.4, 0.5) is 0 Å². The molecule has 0 saturated heterocycles. The van der Waals surface area contributed by atoms with Gasteiger partial charge < -0.3 is 14.6 Å². The topological polar surface area (TPSA) is 69.0 Å². The summed E-state index contributed by atoms with van der Waals surface area (Å²) in [5, 5.41) is 14.3. The van der Waals surface area contributed by atoms with Gasteiger partial charge in [0, 0.05) is 16.9 Å². The van der Waals surface area contributed by atoms with Crippen molar-refractivity contribution in [2.45, 2.75) is 30.5 Å². The van der Waals surface area contributed by atoms with Crippen molar-refractivity contribution in [1.29, 1.82) is 0 Å². The van der Waals surface area contributed by atoms with Crippen molar-refractivity contribution in [3.63, 3.8) is 0 Å². The van der Waals surface area contributed by atoms with Gasteiger partial charge in [-0.25, -0.2) is 0 Å². The molecular weight excluding hydrogens is 404 g/mol. The van der Waals surface area contributed by atoms with E-state index in [1.54, 1.807) is 35.6 Å². The Hall–Kier alpha value is -2.03. The van der Waals surface area contributed by atoms with Crippen LogP contribution in [0.25, 0.3) is 0 Å². The lowest BCUT2D eigenvalue weighted by Crippen LogP contribution is -2.30. The van der Waals surface area contributed by atoms with Crippen LogP contribution < -0.4 is 10.1 Å². The van der Waals surface area contributed by atoms with E-state index in [1.165, 1.54) is 11.8 Å². The fourth-order valence-corrected chi connectivity index (χ4v) is 3.82. The van der Waals surface area contributed by atoms with Gasteiger partial charge in [-0.2, -0.15) is 0 Å². The third kappa shape index (κ3) is 5.47. The van der Waals surface area contributed by atoms with E-state index >= 15 is 0 Å². The Labute approximate surface area is 170 Å². The molecule has 1 amide bonds. The Bertz CT molecular complexity index is 881. The van der Waals surface area contributed by atoms with Gasteiger partial charge in [-0.1, -0.05) is 29.4 Å². The highest BCUT2D eigenvalue weighted by Crippen LogP contribution is 2.22. The fraction of sp³-hybridized carbons (Fsp3) is 0.278. The summed E-state index contributed by atoms with van der Waals surface area (Å²) in [5.41, 5.74) is 0. The van der Waals surface area contributed by atoms with E-state index in [1.807, 2.05) is 36.1 Å². The molecule has 1 aromatic carbocycles. The fourth-order valence-electron chi connectivity index (χ4n) is 2.19. The van der Waals surface area contributed by atoms with E-state index in [0.717, 1.165) is 4.88 Å². The third-order valence-electron chi connectivity index (χ3n) is 3.78. The van der Waals surface area contributed by atoms with Crippen LogP contribution in [0.15, 0.2) is 46.9 Å². The number of amides is 1. The molecule has 3 aromatic rings. The molecule has 0 aliphatic carbocycles. The van der Waals surface area contributed by atoms with Crippen LogP contribution in [0.1, 0.15) is 17.6 Å². The molecule has 2 heterocycles. The van der Waals surface area contributed by atoms with Crippen molar-refractivity contribution >= 4 is 40.6 Å². The molecule has 0 aliphatic heterocycles. The summed E-state index contributed by atoms with van der Waals surface area (Å²) in [5.74, 6) is 1.35. The molecule has 0 saturated carbocycles. The molecule has 27 heavy (non-hydrogen) atoms. The van der Waals surface area contributed by atoms with E-state index in [0.29, 0.717) is 28.3 Å². The molecule has 9 heteroatoms. The number of ether oxygens (including phenoxy) is 1. The largest absolute Gasteiger partial charge is 0.486 e. The second kappa shape index (κ2) is 9.25.